The number of carbonyl (C=O) groups is 1. The first-order chi connectivity index (χ1) is 3.84. The molecular formula is C6H9NO. The van der Waals surface area contributed by atoms with Crippen LogP contribution in [0.1, 0.15) is 13.3 Å². The minimum Gasteiger partial charge on any atom is -0.319 e. The average molecular weight is 111 g/mol. The molecule has 0 aromatic carbocycles. The Hall–Kier alpha value is -0.790. The number of nitrogens with zero attached hydrogens (tertiary/aromatic N) is 1. The van der Waals surface area contributed by atoms with Crippen LogP contribution in [0.25, 0.3) is 0 Å². The number of rotatable bonds is 1. The van der Waals surface area contributed by atoms with Crippen LogP contribution in [0.15, 0.2) is 12.3 Å². The molecule has 0 unspecified atom stereocenters. The minimum absolute atomic E-state index is 0.239. The monoisotopic (exact) mass is 111 g/mol. The van der Waals surface area contributed by atoms with Crippen molar-refractivity contribution in [1.82, 2.24) is 4.90 Å². The molecule has 2 heteroatoms. The van der Waals surface area contributed by atoms with Crippen molar-refractivity contribution in [2.24, 2.45) is 0 Å². The maximum atomic E-state index is 10.5. The molecule has 0 atom stereocenters. The molecule has 0 radical (unpaired) electrons. The Bertz CT molecular complexity index is 128. The molecule has 0 bridgehead atoms. The van der Waals surface area contributed by atoms with Gasteiger partial charge in [-0.3, -0.25) is 4.79 Å². The predicted octanol–water partition coefficient (Wildman–Crippen LogP) is 0.752. The maximum absolute atomic E-state index is 10.5. The lowest BCUT2D eigenvalue weighted by atomic mass is 10.2. The number of allylic oxidation sites excluding steroid dienone is 1. The Morgan fingerprint density at radius 1 is 1.75 bits per heavy atom. The molecule has 0 saturated carbocycles. The number of β-lactam (4-membered cyclic amide) rings is 1. The molecule has 1 aliphatic heterocycles. The van der Waals surface area contributed by atoms with Gasteiger partial charge in [0.05, 0.1) is 0 Å². The lowest BCUT2D eigenvalue weighted by Crippen LogP contribution is -2.38. The fourth-order valence-corrected chi connectivity index (χ4v) is 0.670. The van der Waals surface area contributed by atoms with Crippen LogP contribution in [0, 0.1) is 0 Å². The smallest absolute Gasteiger partial charge is 0.228 e. The molecule has 1 amide bonds. The van der Waals surface area contributed by atoms with E-state index in [2.05, 4.69) is 0 Å². The van der Waals surface area contributed by atoms with Crippen LogP contribution in [0.4, 0.5) is 0 Å². The third-order valence-corrected chi connectivity index (χ3v) is 1.22. The molecule has 2 nitrogen and oxygen atoms in total. The number of amides is 1. The van der Waals surface area contributed by atoms with Crippen molar-refractivity contribution >= 4 is 5.91 Å². The van der Waals surface area contributed by atoms with Crippen molar-refractivity contribution in [2.75, 3.05) is 6.54 Å². The number of carbonyl (C=O) groups excluding carboxylic acids is 1. The Kier molecular flexibility index (Phi) is 1.33. The predicted molar refractivity (Wildman–Crippen MR) is 31.1 cm³/mol. The summed E-state index contributed by atoms with van der Waals surface area (Å²) in [4.78, 5) is 12.2. The third kappa shape index (κ3) is 0.735. The summed E-state index contributed by atoms with van der Waals surface area (Å²) in [6, 6.07) is 0. The Morgan fingerprint density at radius 3 is 2.62 bits per heavy atom. The Morgan fingerprint density at radius 2 is 2.50 bits per heavy atom. The first-order valence-electron chi connectivity index (χ1n) is 2.77. The normalized spacial score (nSPS) is 19.6. The van der Waals surface area contributed by atoms with E-state index in [-0.39, 0.29) is 5.91 Å². The van der Waals surface area contributed by atoms with Crippen LogP contribution in [-0.2, 0) is 4.79 Å². The number of hydrogen-bond donors (Lipinski definition) is 0. The Balaban J connectivity index is 2.38. The molecule has 0 aromatic heterocycles. The van der Waals surface area contributed by atoms with Gasteiger partial charge in [-0.05, 0) is 6.92 Å². The summed E-state index contributed by atoms with van der Waals surface area (Å²) in [7, 11) is 0. The van der Waals surface area contributed by atoms with Crippen molar-refractivity contribution < 1.29 is 4.79 Å². The van der Waals surface area contributed by atoms with Gasteiger partial charge in [-0.25, -0.2) is 0 Å². The highest BCUT2D eigenvalue weighted by Gasteiger charge is 2.19. The molecule has 1 saturated heterocycles. The average Bonchev–Trinajstić information content (AvgIpc) is 1.79. The third-order valence-electron chi connectivity index (χ3n) is 1.22. The molecule has 0 aliphatic carbocycles. The van der Waals surface area contributed by atoms with E-state index < -0.39 is 0 Å². The second-order valence-electron chi connectivity index (χ2n) is 1.82. The Labute approximate surface area is 48.8 Å². The van der Waals surface area contributed by atoms with Crippen LogP contribution in [0.2, 0.25) is 0 Å². The zero-order chi connectivity index (χ0) is 5.98. The van der Waals surface area contributed by atoms with E-state index in [1.54, 1.807) is 4.90 Å². The second kappa shape index (κ2) is 1.99. The first kappa shape index (κ1) is 5.35. The van der Waals surface area contributed by atoms with Gasteiger partial charge >= 0.3 is 0 Å². The first-order valence-corrected chi connectivity index (χ1v) is 2.77. The van der Waals surface area contributed by atoms with Gasteiger partial charge in [0.25, 0.3) is 0 Å². The molecule has 1 heterocycles. The van der Waals surface area contributed by atoms with Gasteiger partial charge in [0.1, 0.15) is 0 Å². The van der Waals surface area contributed by atoms with E-state index in [9.17, 15) is 4.79 Å². The van der Waals surface area contributed by atoms with Gasteiger partial charge < -0.3 is 4.90 Å². The summed E-state index contributed by atoms with van der Waals surface area (Å²) in [6.45, 7) is 2.81. The lowest BCUT2D eigenvalue weighted by molar-refractivity contribution is -0.136. The van der Waals surface area contributed by atoms with Crippen LogP contribution in [-0.4, -0.2) is 17.4 Å². The molecular weight excluding hydrogens is 102 g/mol. The highest BCUT2D eigenvalue weighted by atomic mass is 16.2. The van der Waals surface area contributed by atoms with Crippen molar-refractivity contribution in [3.05, 3.63) is 12.3 Å². The highest BCUT2D eigenvalue weighted by Crippen LogP contribution is 2.07. The summed E-state index contributed by atoms with van der Waals surface area (Å²) in [6.07, 6.45) is 4.41. The molecule has 0 N–H and O–H groups in total. The largest absolute Gasteiger partial charge is 0.319 e. The molecule has 0 aromatic rings. The lowest BCUT2D eigenvalue weighted by Gasteiger charge is -2.26. The van der Waals surface area contributed by atoms with E-state index in [1.807, 2.05) is 19.2 Å². The molecule has 44 valence electrons. The summed E-state index contributed by atoms with van der Waals surface area (Å²) in [5.74, 6) is 0.239. The van der Waals surface area contributed by atoms with Crippen LogP contribution in [0.5, 0.6) is 0 Å². The van der Waals surface area contributed by atoms with E-state index in [4.69, 9.17) is 0 Å². The fraction of sp³-hybridized carbons (Fsp3) is 0.500. The van der Waals surface area contributed by atoms with Crippen molar-refractivity contribution in [3.63, 3.8) is 0 Å². The van der Waals surface area contributed by atoms with Crippen molar-refractivity contribution in [1.29, 1.82) is 0 Å². The standard InChI is InChI=1S/C6H9NO/c1-2-4-7-5-3-6(7)8/h2,4H,3,5H2,1H3/b4-2+. The summed E-state index contributed by atoms with van der Waals surface area (Å²) in [5.41, 5.74) is 0. The highest BCUT2D eigenvalue weighted by molar-refractivity contribution is 5.82. The SMILES string of the molecule is C/C=C/N1CCC1=O. The topological polar surface area (TPSA) is 20.3 Å². The quantitative estimate of drug-likeness (QED) is 0.457. The van der Waals surface area contributed by atoms with Gasteiger partial charge in [-0.2, -0.15) is 0 Å². The maximum Gasteiger partial charge on any atom is 0.228 e. The molecule has 1 rings (SSSR count). The van der Waals surface area contributed by atoms with Crippen molar-refractivity contribution in [2.45, 2.75) is 13.3 Å². The fourth-order valence-electron chi connectivity index (χ4n) is 0.670. The summed E-state index contributed by atoms with van der Waals surface area (Å²) < 4.78 is 0. The van der Waals surface area contributed by atoms with Crippen LogP contribution >= 0.6 is 0 Å². The van der Waals surface area contributed by atoms with Crippen LogP contribution in [0.3, 0.4) is 0 Å². The zero-order valence-electron chi connectivity index (χ0n) is 4.92. The number of likely N-dealkylation sites (tertiary alicyclic amines) is 1. The summed E-state index contributed by atoms with van der Waals surface area (Å²) in [5, 5.41) is 0. The van der Waals surface area contributed by atoms with Gasteiger partial charge in [0.2, 0.25) is 5.91 Å². The van der Waals surface area contributed by atoms with Crippen molar-refractivity contribution in [3.8, 4) is 0 Å². The van der Waals surface area contributed by atoms with Gasteiger partial charge in [-0.15, -0.1) is 0 Å². The summed E-state index contributed by atoms with van der Waals surface area (Å²) >= 11 is 0. The van der Waals surface area contributed by atoms with E-state index in [0.29, 0.717) is 0 Å². The van der Waals surface area contributed by atoms with E-state index in [1.165, 1.54) is 0 Å². The zero-order valence-corrected chi connectivity index (χ0v) is 4.92. The van der Waals surface area contributed by atoms with Gasteiger partial charge in [-0.1, -0.05) is 6.08 Å². The van der Waals surface area contributed by atoms with E-state index in [0.717, 1.165) is 13.0 Å². The van der Waals surface area contributed by atoms with Crippen LogP contribution < -0.4 is 0 Å². The molecule has 0 spiro atoms. The van der Waals surface area contributed by atoms with E-state index >= 15 is 0 Å². The minimum atomic E-state index is 0.239. The second-order valence-corrected chi connectivity index (χ2v) is 1.82. The van der Waals surface area contributed by atoms with Gasteiger partial charge in [0.15, 0.2) is 0 Å². The molecule has 1 fully saturated rings. The molecule has 1 aliphatic rings. The van der Waals surface area contributed by atoms with Gasteiger partial charge in [0, 0.05) is 19.2 Å². The number of hydrogen-bond acceptors (Lipinski definition) is 1. The molecule has 8 heavy (non-hydrogen) atoms.